The van der Waals surface area contributed by atoms with E-state index < -0.39 is 0 Å². The van der Waals surface area contributed by atoms with Gasteiger partial charge in [-0.25, -0.2) is 0 Å². The van der Waals surface area contributed by atoms with E-state index in [0.29, 0.717) is 0 Å². The zero-order valence-corrected chi connectivity index (χ0v) is 16.8. The topological polar surface area (TPSA) is 6.48 Å². The van der Waals surface area contributed by atoms with Crippen LogP contribution < -0.4 is 9.80 Å². The second kappa shape index (κ2) is 7.14. The van der Waals surface area contributed by atoms with Crippen LogP contribution in [-0.2, 0) is 0 Å². The second-order valence-electron chi connectivity index (χ2n) is 7.70. The zero-order chi connectivity index (χ0) is 19.8. The van der Waals surface area contributed by atoms with Crippen molar-refractivity contribution in [1.82, 2.24) is 0 Å². The van der Waals surface area contributed by atoms with Gasteiger partial charge in [0.15, 0.2) is 0 Å². The summed E-state index contributed by atoms with van der Waals surface area (Å²) in [6.07, 6.45) is 0. The molecular weight excluding hydrogens is 352 g/mol. The predicted octanol–water partition coefficient (Wildman–Crippen LogP) is 6.87. The van der Waals surface area contributed by atoms with E-state index in [-0.39, 0.29) is 0 Å². The molecule has 4 aromatic carbocycles. The number of benzene rings is 4. The zero-order valence-electron chi connectivity index (χ0n) is 16.8. The lowest BCUT2D eigenvalue weighted by atomic mass is 9.99. The van der Waals surface area contributed by atoms with Crippen molar-refractivity contribution in [1.29, 1.82) is 0 Å². The largest absolute Gasteiger partial charge is 0.355 e. The molecule has 0 saturated carbocycles. The van der Waals surface area contributed by atoms with Crippen LogP contribution in [-0.4, -0.2) is 13.7 Å². The number of rotatable bonds is 3. The Labute approximate surface area is 172 Å². The second-order valence-corrected chi connectivity index (χ2v) is 7.70. The van der Waals surface area contributed by atoms with Crippen LogP contribution in [0.25, 0.3) is 22.3 Å². The standard InChI is InChI=1S/C27H24N2/c1-20-12-13-24(23-16-14-22(15-17-23)21-8-4-3-5-9-21)18-27(20)29-19-28(2)25-10-6-7-11-26(25)29/h3-18H,19H2,1-2H3. The number of aryl methyl sites for hydroxylation is 1. The molecule has 142 valence electrons. The van der Waals surface area contributed by atoms with Gasteiger partial charge >= 0.3 is 0 Å². The molecule has 2 heteroatoms. The summed E-state index contributed by atoms with van der Waals surface area (Å²) in [6, 6.07) is 34.8. The summed E-state index contributed by atoms with van der Waals surface area (Å²) in [4.78, 5) is 4.71. The first kappa shape index (κ1) is 17.6. The molecule has 0 atom stereocenters. The van der Waals surface area contributed by atoms with E-state index in [2.05, 4.69) is 121 Å². The van der Waals surface area contributed by atoms with Crippen LogP contribution in [0.2, 0.25) is 0 Å². The fourth-order valence-electron chi connectivity index (χ4n) is 4.15. The SMILES string of the molecule is Cc1ccc(-c2ccc(-c3ccccc3)cc2)cc1N1CN(C)c2ccccc21. The predicted molar refractivity (Wildman–Crippen MR) is 124 cm³/mol. The van der Waals surface area contributed by atoms with Crippen molar-refractivity contribution in [3.63, 3.8) is 0 Å². The quantitative estimate of drug-likeness (QED) is 0.385. The van der Waals surface area contributed by atoms with Crippen molar-refractivity contribution < 1.29 is 0 Å². The normalized spacial score (nSPS) is 12.9. The van der Waals surface area contributed by atoms with Gasteiger partial charge in [-0.1, -0.05) is 78.9 Å². The smallest absolute Gasteiger partial charge is 0.0950 e. The Hall–Kier alpha value is -3.52. The minimum atomic E-state index is 0.872. The van der Waals surface area contributed by atoms with Crippen molar-refractivity contribution in [2.24, 2.45) is 0 Å². The van der Waals surface area contributed by atoms with Gasteiger partial charge in [0.25, 0.3) is 0 Å². The van der Waals surface area contributed by atoms with E-state index in [1.54, 1.807) is 0 Å². The van der Waals surface area contributed by atoms with E-state index >= 15 is 0 Å². The number of fused-ring (bicyclic) bond motifs is 1. The highest BCUT2D eigenvalue weighted by atomic mass is 15.4. The summed E-state index contributed by atoms with van der Waals surface area (Å²) in [7, 11) is 2.15. The molecule has 0 N–H and O–H groups in total. The Bertz CT molecular complexity index is 1150. The molecule has 2 nitrogen and oxygen atoms in total. The van der Waals surface area contributed by atoms with Gasteiger partial charge in [-0.3, -0.25) is 0 Å². The number of hydrogen-bond donors (Lipinski definition) is 0. The van der Waals surface area contributed by atoms with Crippen molar-refractivity contribution in [2.75, 3.05) is 23.5 Å². The molecule has 29 heavy (non-hydrogen) atoms. The maximum absolute atomic E-state index is 2.41. The maximum atomic E-state index is 2.41. The molecule has 1 aliphatic rings. The van der Waals surface area contributed by atoms with E-state index in [9.17, 15) is 0 Å². The van der Waals surface area contributed by atoms with Crippen molar-refractivity contribution in [2.45, 2.75) is 6.92 Å². The number of nitrogens with zero attached hydrogens (tertiary/aromatic N) is 2. The average molecular weight is 377 g/mol. The Balaban J connectivity index is 1.51. The minimum Gasteiger partial charge on any atom is -0.355 e. The fourth-order valence-corrected chi connectivity index (χ4v) is 4.15. The summed E-state index contributed by atoms with van der Waals surface area (Å²) < 4.78 is 0. The Morgan fingerprint density at radius 3 is 1.83 bits per heavy atom. The van der Waals surface area contributed by atoms with Crippen LogP contribution in [0, 0.1) is 6.92 Å². The maximum Gasteiger partial charge on any atom is 0.0950 e. The van der Waals surface area contributed by atoms with Crippen LogP contribution in [0.1, 0.15) is 5.56 Å². The number of hydrogen-bond acceptors (Lipinski definition) is 2. The number of para-hydroxylation sites is 2. The van der Waals surface area contributed by atoms with Gasteiger partial charge < -0.3 is 9.80 Å². The Kier molecular flexibility index (Phi) is 4.33. The summed E-state index contributed by atoms with van der Waals surface area (Å²) in [5, 5.41) is 0. The highest BCUT2D eigenvalue weighted by Crippen LogP contribution is 2.41. The molecule has 0 aromatic heterocycles. The third-order valence-corrected chi connectivity index (χ3v) is 5.76. The molecule has 5 rings (SSSR count). The van der Waals surface area contributed by atoms with Crippen molar-refractivity contribution in [3.05, 3.63) is 103 Å². The molecule has 1 aliphatic heterocycles. The third kappa shape index (κ3) is 3.17. The molecule has 0 fully saturated rings. The highest BCUT2D eigenvalue weighted by molar-refractivity contribution is 5.85. The molecule has 4 aromatic rings. The highest BCUT2D eigenvalue weighted by Gasteiger charge is 2.25. The lowest BCUT2D eigenvalue weighted by Gasteiger charge is -2.22. The summed E-state index contributed by atoms with van der Waals surface area (Å²) >= 11 is 0. The van der Waals surface area contributed by atoms with Gasteiger partial charge in [0.1, 0.15) is 0 Å². The molecule has 0 aliphatic carbocycles. The van der Waals surface area contributed by atoms with Gasteiger partial charge in [-0.05, 0) is 52.9 Å². The van der Waals surface area contributed by atoms with E-state index in [4.69, 9.17) is 0 Å². The average Bonchev–Trinajstić information content (AvgIpc) is 3.11. The fraction of sp³-hybridized carbons (Fsp3) is 0.111. The molecule has 0 amide bonds. The third-order valence-electron chi connectivity index (χ3n) is 5.76. The first-order valence-electron chi connectivity index (χ1n) is 10.0. The van der Waals surface area contributed by atoms with Crippen LogP contribution in [0.4, 0.5) is 17.1 Å². The molecular formula is C27H24N2. The lowest BCUT2D eigenvalue weighted by molar-refractivity contribution is 0.946. The summed E-state index contributed by atoms with van der Waals surface area (Å²) in [5.74, 6) is 0. The van der Waals surface area contributed by atoms with Crippen LogP contribution in [0.3, 0.4) is 0 Å². The van der Waals surface area contributed by atoms with Crippen LogP contribution >= 0.6 is 0 Å². The van der Waals surface area contributed by atoms with Gasteiger partial charge in [0.05, 0.1) is 18.0 Å². The Morgan fingerprint density at radius 2 is 1.10 bits per heavy atom. The lowest BCUT2D eigenvalue weighted by Crippen LogP contribution is -2.24. The van der Waals surface area contributed by atoms with Crippen molar-refractivity contribution >= 4 is 17.1 Å². The molecule has 0 spiro atoms. The van der Waals surface area contributed by atoms with E-state index in [0.717, 1.165) is 6.67 Å². The van der Waals surface area contributed by atoms with Gasteiger partial charge in [-0.15, -0.1) is 0 Å². The van der Waals surface area contributed by atoms with E-state index in [1.807, 2.05) is 0 Å². The van der Waals surface area contributed by atoms with E-state index in [1.165, 1.54) is 44.9 Å². The van der Waals surface area contributed by atoms with Crippen LogP contribution in [0.5, 0.6) is 0 Å². The molecule has 0 bridgehead atoms. The summed E-state index contributed by atoms with van der Waals surface area (Å²) in [6.45, 7) is 3.06. The minimum absolute atomic E-state index is 0.872. The summed E-state index contributed by atoms with van der Waals surface area (Å²) in [5.41, 5.74) is 10.1. The monoisotopic (exact) mass is 376 g/mol. The van der Waals surface area contributed by atoms with Gasteiger partial charge in [0, 0.05) is 12.7 Å². The Morgan fingerprint density at radius 1 is 0.552 bits per heavy atom. The van der Waals surface area contributed by atoms with Crippen molar-refractivity contribution in [3.8, 4) is 22.3 Å². The molecule has 0 radical (unpaired) electrons. The molecule has 0 unspecified atom stereocenters. The molecule has 0 saturated heterocycles. The number of anilines is 3. The van der Waals surface area contributed by atoms with Gasteiger partial charge in [-0.2, -0.15) is 0 Å². The van der Waals surface area contributed by atoms with Crippen LogP contribution in [0.15, 0.2) is 97.1 Å². The first-order chi connectivity index (χ1) is 14.2. The van der Waals surface area contributed by atoms with Gasteiger partial charge in [0.2, 0.25) is 0 Å². The first-order valence-corrected chi connectivity index (χ1v) is 10.0. The molecule has 1 heterocycles.